The first kappa shape index (κ1) is 8.48. The van der Waals surface area contributed by atoms with Crippen LogP contribution in [0.4, 0.5) is 0 Å². The Morgan fingerprint density at radius 1 is 1.20 bits per heavy atom. The van der Waals surface area contributed by atoms with Crippen molar-refractivity contribution in [3.8, 4) is 16.9 Å². The van der Waals surface area contributed by atoms with Crippen LogP contribution in [0.3, 0.4) is 0 Å². The highest BCUT2D eigenvalue weighted by Gasteiger charge is 2.16. The number of aromatic nitrogens is 1. The Labute approximate surface area is 88.5 Å². The Hall–Kier alpha value is -1.83. The predicted molar refractivity (Wildman–Crippen MR) is 58.7 cm³/mol. The number of aryl methyl sites for hydroxylation is 1. The van der Waals surface area contributed by atoms with E-state index in [9.17, 15) is 0 Å². The van der Waals surface area contributed by atoms with Crippen molar-refractivity contribution in [3.63, 3.8) is 0 Å². The zero-order chi connectivity index (χ0) is 10.3. The summed E-state index contributed by atoms with van der Waals surface area (Å²) in [6.45, 7) is 2.70. The quantitative estimate of drug-likeness (QED) is 0.647. The maximum absolute atomic E-state index is 5.69. The van der Waals surface area contributed by atoms with E-state index in [1.807, 2.05) is 18.5 Å². The molecule has 1 aromatic heterocycles. The molecule has 1 aromatic carbocycles. The Bertz CT molecular complexity index is 520. The molecule has 2 aromatic rings. The topological polar surface area (TPSA) is 22.1 Å². The molecule has 74 valence electrons. The lowest BCUT2D eigenvalue weighted by Crippen LogP contribution is -2.05. The van der Waals surface area contributed by atoms with Crippen molar-refractivity contribution in [2.75, 3.05) is 0 Å². The van der Waals surface area contributed by atoms with E-state index < -0.39 is 0 Å². The van der Waals surface area contributed by atoms with Gasteiger partial charge in [0.25, 0.3) is 0 Å². The Morgan fingerprint density at radius 3 is 3.07 bits per heavy atom. The van der Waals surface area contributed by atoms with Crippen molar-refractivity contribution in [2.45, 2.75) is 13.5 Å². The number of nitrogens with zero attached hydrogens (tertiary/aromatic N) is 1. The first-order chi connectivity index (χ1) is 7.34. The summed E-state index contributed by atoms with van der Waals surface area (Å²) in [7, 11) is 0. The number of hydrogen-bond acceptors (Lipinski definition) is 2. The Kier molecular flexibility index (Phi) is 1.75. The van der Waals surface area contributed by atoms with E-state index in [4.69, 9.17) is 4.74 Å². The maximum Gasteiger partial charge on any atom is 0.127 e. The molecule has 0 fully saturated rings. The molecule has 0 saturated carbocycles. The fraction of sp³-hybridized carbons (Fsp3) is 0.154. The maximum atomic E-state index is 5.69. The molecule has 15 heavy (non-hydrogen) atoms. The summed E-state index contributed by atoms with van der Waals surface area (Å²) in [5, 5.41) is 0. The third-order valence-electron chi connectivity index (χ3n) is 2.71. The lowest BCUT2D eigenvalue weighted by Gasteiger charge is -2.20. The third kappa shape index (κ3) is 1.30. The lowest BCUT2D eigenvalue weighted by molar-refractivity contribution is 0.301. The predicted octanol–water partition coefficient (Wildman–Crippen LogP) is 2.95. The van der Waals surface area contributed by atoms with Gasteiger partial charge in [-0.15, -0.1) is 0 Å². The minimum Gasteiger partial charge on any atom is -0.488 e. The zero-order valence-corrected chi connectivity index (χ0v) is 8.53. The second-order valence-electron chi connectivity index (χ2n) is 3.82. The summed E-state index contributed by atoms with van der Waals surface area (Å²) in [5.41, 5.74) is 4.80. The van der Waals surface area contributed by atoms with Gasteiger partial charge in [-0.3, -0.25) is 4.98 Å². The molecule has 0 saturated heterocycles. The van der Waals surface area contributed by atoms with E-state index in [1.165, 1.54) is 16.7 Å². The van der Waals surface area contributed by atoms with Crippen LogP contribution in [-0.4, -0.2) is 4.98 Å². The molecule has 0 amide bonds. The molecule has 2 heteroatoms. The molecule has 0 aliphatic carbocycles. The lowest BCUT2D eigenvalue weighted by atomic mass is 9.98. The SMILES string of the molecule is Cc1ccc2c(c1)OCc1cnccc1-2. The average molecular weight is 197 g/mol. The van der Waals surface area contributed by atoms with Gasteiger partial charge in [-0.05, 0) is 30.2 Å². The first-order valence-corrected chi connectivity index (χ1v) is 5.01. The van der Waals surface area contributed by atoms with Crippen LogP contribution in [0.1, 0.15) is 11.1 Å². The molecular formula is C13H11NO. The number of ether oxygens (including phenoxy) is 1. The largest absolute Gasteiger partial charge is 0.488 e. The van der Waals surface area contributed by atoms with E-state index in [1.54, 1.807) is 0 Å². The number of fused-ring (bicyclic) bond motifs is 3. The average Bonchev–Trinajstić information content (AvgIpc) is 2.28. The van der Waals surface area contributed by atoms with Gasteiger partial charge in [0, 0.05) is 23.5 Å². The smallest absolute Gasteiger partial charge is 0.127 e. The van der Waals surface area contributed by atoms with E-state index in [2.05, 4.69) is 30.1 Å². The second-order valence-corrected chi connectivity index (χ2v) is 3.82. The van der Waals surface area contributed by atoms with Gasteiger partial charge in [0.15, 0.2) is 0 Å². The van der Waals surface area contributed by atoms with Gasteiger partial charge in [0.1, 0.15) is 12.4 Å². The standard InChI is InChI=1S/C13H11NO/c1-9-2-3-12-11-4-5-14-7-10(11)8-15-13(12)6-9/h2-7H,8H2,1H3. The van der Waals surface area contributed by atoms with Crippen molar-refractivity contribution >= 4 is 0 Å². The Morgan fingerprint density at radius 2 is 2.13 bits per heavy atom. The van der Waals surface area contributed by atoms with Crippen molar-refractivity contribution in [2.24, 2.45) is 0 Å². The molecule has 0 unspecified atom stereocenters. The summed E-state index contributed by atoms with van der Waals surface area (Å²) in [6, 6.07) is 8.35. The summed E-state index contributed by atoms with van der Waals surface area (Å²) in [4.78, 5) is 4.11. The van der Waals surface area contributed by atoms with E-state index in [-0.39, 0.29) is 0 Å². The Balaban J connectivity index is 2.26. The van der Waals surface area contributed by atoms with Gasteiger partial charge in [-0.2, -0.15) is 0 Å². The summed E-state index contributed by atoms with van der Waals surface area (Å²) < 4.78 is 5.69. The fourth-order valence-corrected chi connectivity index (χ4v) is 1.93. The van der Waals surface area contributed by atoms with E-state index >= 15 is 0 Å². The van der Waals surface area contributed by atoms with Crippen molar-refractivity contribution < 1.29 is 4.74 Å². The molecule has 0 N–H and O–H groups in total. The molecular weight excluding hydrogens is 186 g/mol. The number of pyridine rings is 1. The van der Waals surface area contributed by atoms with Gasteiger partial charge in [0.05, 0.1) is 0 Å². The first-order valence-electron chi connectivity index (χ1n) is 5.01. The van der Waals surface area contributed by atoms with Crippen LogP contribution >= 0.6 is 0 Å². The normalized spacial score (nSPS) is 12.6. The monoisotopic (exact) mass is 197 g/mol. The van der Waals surface area contributed by atoms with Crippen LogP contribution in [0, 0.1) is 6.92 Å². The van der Waals surface area contributed by atoms with Gasteiger partial charge < -0.3 is 4.74 Å². The van der Waals surface area contributed by atoms with Gasteiger partial charge in [-0.1, -0.05) is 12.1 Å². The van der Waals surface area contributed by atoms with Gasteiger partial charge >= 0.3 is 0 Å². The summed E-state index contributed by atoms with van der Waals surface area (Å²) in [6.07, 6.45) is 3.70. The number of hydrogen-bond donors (Lipinski definition) is 0. The van der Waals surface area contributed by atoms with Crippen LogP contribution in [0.15, 0.2) is 36.7 Å². The molecule has 0 radical (unpaired) electrons. The zero-order valence-electron chi connectivity index (χ0n) is 8.53. The molecule has 0 spiro atoms. The van der Waals surface area contributed by atoms with Crippen molar-refractivity contribution in [1.82, 2.24) is 4.98 Å². The van der Waals surface area contributed by atoms with Crippen LogP contribution in [-0.2, 0) is 6.61 Å². The fourth-order valence-electron chi connectivity index (χ4n) is 1.93. The molecule has 1 aliphatic rings. The van der Waals surface area contributed by atoms with E-state index in [0.717, 1.165) is 11.3 Å². The van der Waals surface area contributed by atoms with Gasteiger partial charge in [-0.25, -0.2) is 0 Å². The number of rotatable bonds is 0. The van der Waals surface area contributed by atoms with E-state index in [0.29, 0.717) is 6.61 Å². The summed E-state index contributed by atoms with van der Waals surface area (Å²) >= 11 is 0. The minimum absolute atomic E-state index is 0.625. The van der Waals surface area contributed by atoms with Crippen LogP contribution in [0.2, 0.25) is 0 Å². The van der Waals surface area contributed by atoms with Crippen molar-refractivity contribution in [3.05, 3.63) is 47.8 Å². The molecule has 2 heterocycles. The molecule has 0 atom stereocenters. The second kappa shape index (κ2) is 3.09. The number of benzene rings is 1. The highest BCUT2D eigenvalue weighted by Crippen LogP contribution is 2.37. The summed E-state index contributed by atoms with van der Waals surface area (Å²) in [5.74, 6) is 0.980. The highest BCUT2D eigenvalue weighted by molar-refractivity contribution is 5.74. The molecule has 3 rings (SSSR count). The molecule has 2 nitrogen and oxygen atoms in total. The molecule has 1 aliphatic heterocycles. The van der Waals surface area contributed by atoms with Crippen LogP contribution in [0.25, 0.3) is 11.1 Å². The third-order valence-corrected chi connectivity index (χ3v) is 2.71. The molecule has 0 bridgehead atoms. The highest BCUT2D eigenvalue weighted by atomic mass is 16.5. The van der Waals surface area contributed by atoms with Gasteiger partial charge in [0.2, 0.25) is 0 Å². The van der Waals surface area contributed by atoms with Crippen LogP contribution < -0.4 is 4.74 Å². The minimum atomic E-state index is 0.625. The van der Waals surface area contributed by atoms with Crippen molar-refractivity contribution in [1.29, 1.82) is 0 Å². The van der Waals surface area contributed by atoms with Crippen LogP contribution in [0.5, 0.6) is 5.75 Å².